The number of aryl methyl sites for hydroxylation is 1. The zero-order valence-corrected chi connectivity index (χ0v) is 15.0. The van der Waals surface area contributed by atoms with Crippen molar-refractivity contribution in [3.8, 4) is 11.4 Å². The molecule has 1 aromatic heterocycles. The zero-order chi connectivity index (χ0) is 18.0. The highest BCUT2D eigenvalue weighted by Crippen LogP contribution is 2.24. The Kier molecular flexibility index (Phi) is 5.16. The van der Waals surface area contributed by atoms with Crippen LogP contribution in [0.3, 0.4) is 0 Å². The molecule has 1 heterocycles. The quantitative estimate of drug-likeness (QED) is 0.676. The maximum absolute atomic E-state index is 13.7. The van der Waals surface area contributed by atoms with Gasteiger partial charge in [-0.3, -0.25) is 5.32 Å². The molecule has 2 atom stereocenters. The number of hydrogen-bond donors (Lipinski definition) is 1. The molecule has 0 aliphatic carbocycles. The van der Waals surface area contributed by atoms with Crippen LogP contribution < -0.4 is 5.32 Å². The summed E-state index contributed by atoms with van der Waals surface area (Å²) in [5, 5.41) is 8.05. The molecule has 0 bridgehead atoms. The average molecular weight is 360 g/mol. The van der Waals surface area contributed by atoms with Gasteiger partial charge in [0.25, 0.3) is 0 Å². The van der Waals surface area contributed by atoms with E-state index in [0.29, 0.717) is 27.9 Å². The van der Waals surface area contributed by atoms with E-state index in [9.17, 15) is 4.39 Å². The van der Waals surface area contributed by atoms with Crippen LogP contribution in [0.25, 0.3) is 11.4 Å². The number of nitrogens with zero attached hydrogens (tertiary/aromatic N) is 2. The molecule has 3 aromatic rings. The summed E-state index contributed by atoms with van der Waals surface area (Å²) >= 11 is 6.04. The van der Waals surface area contributed by atoms with Gasteiger partial charge in [-0.2, -0.15) is 4.98 Å². The summed E-state index contributed by atoms with van der Waals surface area (Å²) in [6, 6.07) is 12.5. The third kappa shape index (κ3) is 4.06. The molecule has 0 spiro atoms. The molecule has 0 aliphatic heterocycles. The number of benzene rings is 2. The van der Waals surface area contributed by atoms with Crippen LogP contribution in [0.5, 0.6) is 0 Å². The molecule has 25 heavy (non-hydrogen) atoms. The van der Waals surface area contributed by atoms with Crippen molar-refractivity contribution in [2.24, 2.45) is 0 Å². The zero-order valence-electron chi connectivity index (χ0n) is 14.3. The molecule has 0 radical (unpaired) electrons. The van der Waals surface area contributed by atoms with Gasteiger partial charge in [0.1, 0.15) is 5.82 Å². The Morgan fingerprint density at radius 2 is 1.92 bits per heavy atom. The van der Waals surface area contributed by atoms with Crippen molar-refractivity contribution >= 4 is 11.6 Å². The van der Waals surface area contributed by atoms with Gasteiger partial charge in [0.2, 0.25) is 11.7 Å². The van der Waals surface area contributed by atoms with Crippen molar-refractivity contribution in [3.63, 3.8) is 0 Å². The Hall–Kier alpha value is -2.24. The van der Waals surface area contributed by atoms with Gasteiger partial charge >= 0.3 is 0 Å². The van der Waals surface area contributed by atoms with E-state index >= 15 is 0 Å². The molecule has 2 aromatic carbocycles. The van der Waals surface area contributed by atoms with Gasteiger partial charge in [-0.1, -0.05) is 41.0 Å². The summed E-state index contributed by atoms with van der Waals surface area (Å²) in [4.78, 5) is 4.38. The summed E-state index contributed by atoms with van der Waals surface area (Å²) in [5.41, 5.74) is 2.24. The van der Waals surface area contributed by atoms with Crippen molar-refractivity contribution in [2.45, 2.75) is 32.9 Å². The highest BCUT2D eigenvalue weighted by atomic mass is 35.5. The van der Waals surface area contributed by atoms with E-state index in [-0.39, 0.29) is 17.9 Å². The smallest absolute Gasteiger partial charge is 0.243 e. The van der Waals surface area contributed by atoms with E-state index in [0.717, 1.165) is 5.56 Å². The monoisotopic (exact) mass is 359 g/mol. The Morgan fingerprint density at radius 1 is 1.12 bits per heavy atom. The normalized spacial score (nSPS) is 13.6. The van der Waals surface area contributed by atoms with Gasteiger partial charge in [0.15, 0.2) is 0 Å². The fourth-order valence-corrected chi connectivity index (χ4v) is 2.78. The van der Waals surface area contributed by atoms with Gasteiger partial charge in [-0.15, -0.1) is 0 Å². The Balaban J connectivity index is 1.74. The summed E-state index contributed by atoms with van der Waals surface area (Å²) < 4.78 is 19.1. The summed E-state index contributed by atoms with van der Waals surface area (Å²) in [6.45, 7) is 5.69. The van der Waals surface area contributed by atoms with Crippen LogP contribution in [0.4, 0.5) is 4.39 Å². The number of aromatic nitrogens is 2. The standard InChI is InChI=1S/C19H19ClFN3O/c1-11-7-8-15(10-17(11)21)18-23-19(25-24-18)13(3)22-12(2)14-5-4-6-16(20)9-14/h4-10,12-13,22H,1-3H3. The Morgan fingerprint density at radius 3 is 2.64 bits per heavy atom. The predicted molar refractivity (Wildman–Crippen MR) is 95.8 cm³/mol. The number of rotatable bonds is 5. The predicted octanol–water partition coefficient (Wildman–Crippen LogP) is 5.25. The first kappa shape index (κ1) is 17.6. The molecule has 1 N–H and O–H groups in total. The molecular formula is C19H19ClFN3O. The number of hydrogen-bond acceptors (Lipinski definition) is 4. The van der Waals surface area contributed by atoms with Crippen molar-refractivity contribution in [1.82, 2.24) is 15.5 Å². The molecule has 4 nitrogen and oxygen atoms in total. The third-order valence-electron chi connectivity index (χ3n) is 4.09. The van der Waals surface area contributed by atoms with Crippen molar-refractivity contribution in [3.05, 3.63) is 70.3 Å². The minimum atomic E-state index is -0.287. The van der Waals surface area contributed by atoms with Crippen LogP contribution in [0.15, 0.2) is 47.0 Å². The summed E-state index contributed by atoms with van der Waals surface area (Å²) in [5.74, 6) is 0.535. The maximum Gasteiger partial charge on any atom is 0.243 e. The maximum atomic E-state index is 13.7. The Bertz CT molecular complexity index is 881. The van der Waals surface area contributed by atoms with E-state index < -0.39 is 0 Å². The van der Waals surface area contributed by atoms with Gasteiger partial charge < -0.3 is 4.52 Å². The number of halogens is 2. The molecule has 3 rings (SSSR count). The van der Waals surface area contributed by atoms with Crippen LogP contribution in [-0.4, -0.2) is 10.1 Å². The van der Waals surface area contributed by atoms with Crippen LogP contribution in [-0.2, 0) is 0 Å². The van der Waals surface area contributed by atoms with Gasteiger partial charge in [0.05, 0.1) is 6.04 Å². The van der Waals surface area contributed by atoms with Crippen molar-refractivity contribution in [1.29, 1.82) is 0 Å². The van der Waals surface area contributed by atoms with Crippen LogP contribution in [0.1, 0.15) is 42.9 Å². The fourth-order valence-electron chi connectivity index (χ4n) is 2.58. The lowest BCUT2D eigenvalue weighted by molar-refractivity contribution is 0.328. The lowest BCUT2D eigenvalue weighted by Gasteiger charge is -2.17. The molecular weight excluding hydrogens is 341 g/mol. The lowest BCUT2D eigenvalue weighted by atomic mass is 10.1. The minimum Gasteiger partial charge on any atom is -0.337 e. The molecule has 6 heteroatoms. The molecule has 0 saturated heterocycles. The highest BCUT2D eigenvalue weighted by molar-refractivity contribution is 6.30. The third-order valence-corrected chi connectivity index (χ3v) is 4.33. The van der Waals surface area contributed by atoms with Crippen LogP contribution in [0, 0.1) is 12.7 Å². The molecule has 0 saturated carbocycles. The minimum absolute atomic E-state index is 0.0564. The summed E-state index contributed by atoms with van der Waals surface area (Å²) in [6.07, 6.45) is 0. The van der Waals surface area contributed by atoms with Gasteiger partial charge in [-0.25, -0.2) is 4.39 Å². The largest absolute Gasteiger partial charge is 0.337 e. The SMILES string of the molecule is Cc1ccc(-c2noc(C(C)NC(C)c3cccc(Cl)c3)n2)cc1F. The highest BCUT2D eigenvalue weighted by Gasteiger charge is 2.18. The molecule has 130 valence electrons. The number of nitrogens with one attached hydrogen (secondary N) is 1. The van der Waals surface area contributed by atoms with Gasteiger partial charge in [0, 0.05) is 16.6 Å². The first-order chi connectivity index (χ1) is 11.9. The lowest BCUT2D eigenvalue weighted by Crippen LogP contribution is -2.22. The van der Waals surface area contributed by atoms with E-state index in [1.165, 1.54) is 6.07 Å². The Labute approximate surface area is 151 Å². The second-order valence-electron chi connectivity index (χ2n) is 6.09. The molecule has 0 aliphatic rings. The van der Waals surface area contributed by atoms with Crippen LogP contribution >= 0.6 is 11.6 Å². The average Bonchev–Trinajstić information content (AvgIpc) is 3.07. The second-order valence-corrected chi connectivity index (χ2v) is 6.52. The van der Waals surface area contributed by atoms with Gasteiger partial charge in [-0.05, 0) is 50.1 Å². The van der Waals surface area contributed by atoms with E-state index in [2.05, 4.69) is 15.5 Å². The first-order valence-corrected chi connectivity index (χ1v) is 8.43. The molecule has 2 unspecified atom stereocenters. The van der Waals surface area contributed by atoms with E-state index in [1.54, 1.807) is 19.1 Å². The van der Waals surface area contributed by atoms with E-state index in [4.69, 9.17) is 16.1 Å². The first-order valence-electron chi connectivity index (χ1n) is 8.05. The second kappa shape index (κ2) is 7.33. The summed E-state index contributed by atoms with van der Waals surface area (Å²) in [7, 11) is 0. The molecule has 0 amide bonds. The molecule has 0 fully saturated rings. The van der Waals surface area contributed by atoms with E-state index in [1.807, 2.05) is 38.1 Å². The topological polar surface area (TPSA) is 51.0 Å². The van der Waals surface area contributed by atoms with Crippen LogP contribution in [0.2, 0.25) is 5.02 Å². The van der Waals surface area contributed by atoms with Crippen molar-refractivity contribution < 1.29 is 8.91 Å². The fraction of sp³-hybridized carbons (Fsp3) is 0.263. The van der Waals surface area contributed by atoms with Crippen molar-refractivity contribution in [2.75, 3.05) is 0 Å².